The van der Waals surface area contributed by atoms with Gasteiger partial charge in [0.25, 0.3) is 0 Å². The minimum absolute atomic E-state index is 0.242. The molecule has 0 aliphatic carbocycles. The van der Waals surface area contributed by atoms with Gasteiger partial charge in [0, 0.05) is 24.2 Å². The van der Waals surface area contributed by atoms with Crippen LogP contribution >= 0.6 is 0 Å². The molecule has 1 aromatic carbocycles. The molecule has 1 aliphatic rings. The van der Waals surface area contributed by atoms with Crippen LogP contribution in [0.5, 0.6) is 0 Å². The van der Waals surface area contributed by atoms with E-state index in [1.807, 2.05) is 31.2 Å². The fraction of sp³-hybridized carbons (Fsp3) is 0.308. The van der Waals surface area contributed by atoms with Crippen molar-refractivity contribution in [3.05, 3.63) is 29.8 Å². The molecule has 0 bridgehead atoms. The lowest BCUT2D eigenvalue weighted by Crippen LogP contribution is -2.32. The summed E-state index contributed by atoms with van der Waals surface area (Å²) in [5, 5.41) is 0. The molecule has 1 aliphatic heterocycles. The number of carbonyl (C=O) groups is 1. The highest BCUT2D eigenvalue weighted by Gasteiger charge is 2.21. The van der Waals surface area contributed by atoms with Gasteiger partial charge in [-0.1, -0.05) is 18.1 Å². The van der Waals surface area contributed by atoms with E-state index in [9.17, 15) is 4.79 Å². The molecule has 0 N–H and O–H groups in total. The molecule has 0 spiro atoms. The predicted molar refractivity (Wildman–Crippen MR) is 61.1 cm³/mol. The van der Waals surface area contributed by atoms with E-state index in [-0.39, 0.29) is 5.78 Å². The van der Waals surface area contributed by atoms with Gasteiger partial charge >= 0.3 is 0 Å². The third-order valence-corrected chi connectivity index (χ3v) is 2.60. The quantitative estimate of drug-likeness (QED) is 0.645. The largest absolute Gasteiger partial charge is 0.359 e. The standard InChI is InChI=1S/C13H13NO/c1-2-3-9-14-10-8-13(15)11-6-4-5-7-12(11)14/h4-7H,8-10H2,1H3. The Morgan fingerprint density at radius 2 is 2.20 bits per heavy atom. The molecule has 2 heteroatoms. The number of hydrogen-bond acceptors (Lipinski definition) is 2. The van der Waals surface area contributed by atoms with Gasteiger partial charge in [0.2, 0.25) is 0 Å². The fourth-order valence-electron chi connectivity index (χ4n) is 1.82. The summed E-state index contributed by atoms with van der Waals surface area (Å²) in [5.74, 6) is 6.16. The normalized spacial score (nSPS) is 14.2. The van der Waals surface area contributed by atoms with E-state index in [1.54, 1.807) is 0 Å². The smallest absolute Gasteiger partial charge is 0.166 e. The summed E-state index contributed by atoms with van der Waals surface area (Å²) in [6, 6.07) is 7.75. The van der Waals surface area contributed by atoms with Crippen LogP contribution in [0.4, 0.5) is 5.69 Å². The SMILES string of the molecule is CC#CCN1CCC(=O)c2ccccc21. The highest BCUT2D eigenvalue weighted by atomic mass is 16.1. The molecule has 1 aromatic rings. The van der Waals surface area contributed by atoms with Gasteiger partial charge < -0.3 is 4.90 Å². The highest BCUT2D eigenvalue weighted by Crippen LogP contribution is 2.25. The third-order valence-electron chi connectivity index (χ3n) is 2.60. The van der Waals surface area contributed by atoms with Crippen LogP contribution in [-0.2, 0) is 0 Å². The number of ketones is 1. The fourth-order valence-corrected chi connectivity index (χ4v) is 1.82. The van der Waals surface area contributed by atoms with Crippen LogP contribution in [0, 0.1) is 11.8 Å². The molecule has 0 saturated carbocycles. The molecule has 0 saturated heterocycles. The maximum absolute atomic E-state index is 11.6. The van der Waals surface area contributed by atoms with Crippen molar-refractivity contribution in [2.75, 3.05) is 18.0 Å². The molecule has 0 amide bonds. The van der Waals surface area contributed by atoms with Crippen LogP contribution in [0.2, 0.25) is 0 Å². The molecule has 0 unspecified atom stereocenters. The Bertz CT molecular complexity index is 439. The van der Waals surface area contributed by atoms with Gasteiger partial charge in [0.1, 0.15) is 0 Å². The molecule has 15 heavy (non-hydrogen) atoms. The van der Waals surface area contributed by atoms with E-state index < -0.39 is 0 Å². The molecule has 2 nitrogen and oxygen atoms in total. The Balaban J connectivity index is 2.34. The van der Waals surface area contributed by atoms with Crippen molar-refractivity contribution in [3.63, 3.8) is 0 Å². The zero-order chi connectivity index (χ0) is 10.7. The zero-order valence-electron chi connectivity index (χ0n) is 8.79. The van der Waals surface area contributed by atoms with E-state index in [1.165, 1.54) is 0 Å². The van der Waals surface area contributed by atoms with Gasteiger partial charge in [-0.15, -0.1) is 5.92 Å². The lowest BCUT2D eigenvalue weighted by atomic mass is 10.0. The second kappa shape index (κ2) is 4.18. The molecule has 1 heterocycles. The number of hydrogen-bond donors (Lipinski definition) is 0. The number of carbonyl (C=O) groups excluding carboxylic acids is 1. The minimum atomic E-state index is 0.242. The first-order valence-electron chi connectivity index (χ1n) is 5.09. The Morgan fingerprint density at radius 1 is 1.40 bits per heavy atom. The van der Waals surface area contributed by atoms with Crippen molar-refractivity contribution in [1.82, 2.24) is 0 Å². The Morgan fingerprint density at radius 3 is 3.00 bits per heavy atom. The van der Waals surface area contributed by atoms with Crippen molar-refractivity contribution in [1.29, 1.82) is 0 Å². The van der Waals surface area contributed by atoms with Crippen molar-refractivity contribution < 1.29 is 4.79 Å². The molecule has 0 fully saturated rings. The summed E-state index contributed by atoms with van der Waals surface area (Å²) in [7, 11) is 0. The summed E-state index contributed by atoms with van der Waals surface area (Å²) in [5.41, 5.74) is 1.86. The summed E-state index contributed by atoms with van der Waals surface area (Å²) in [4.78, 5) is 13.8. The second-order valence-electron chi connectivity index (χ2n) is 3.54. The van der Waals surface area contributed by atoms with Crippen LogP contribution in [-0.4, -0.2) is 18.9 Å². The van der Waals surface area contributed by atoms with Gasteiger partial charge in [0.05, 0.1) is 6.54 Å². The first-order valence-corrected chi connectivity index (χ1v) is 5.09. The van der Waals surface area contributed by atoms with Crippen molar-refractivity contribution in [2.24, 2.45) is 0 Å². The average Bonchev–Trinajstić information content (AvgIpc) is 2.29. The maximum Gasteiger partial charge on any atom is 0.166 e. The Labute approximate surface area is 89.9 Å². The van der Waals surface area contributed by atoms with Gasteiger partial charge in [-0.3, -0.25) is 4.79 Å². The van der Waals surface area contributed by atoms with Gasteiger partial charge in [-0.05, 0) is 19.1 Å². The third kappa shape index (κ3) is 1.87. The second-order valence-corrected chi connectivity index (χ2v) is 3.54. The number of anilines is 1. The first kappa shape index (κ1) is 9.79. The summed E-state index contributed by atoms with van der Waals surface area (Å²) in [6.45, 7) is 3.33. The van der Waals surface area contributed by atoms with Gasteiger partial charge in [-0.2, -0.15) is 0 Å². The predicted octanol–water partition coefficient (Wildman–Crippen LogP) is 2.10. The topological polar surface area (TPSA) is 20.3 Å². The van der Waals surface area contributed by atoms with Crippen LogP contribution in [0.1, 0.15) is 23.7 Å². The summed E-state index contributed by atoms with van der Waals surface area (Å²) >= 11 is 0. The number of Topliss-reactive ketones (excluding diaryl/α,β-unsaturated/α-hetero) is 1. The van der Waals surface area contributed by atoms with E-state index in [0.29, 0.717) is 13.0 Å². The molecular weight excluding hydrogens is 186 g/mol. The number of nitrogens with zero attached hydrogens (tertiary/aromatic N) is 1. The van der Waals surface area contributed by atoms with Gasteiger partial charge in [-0.25, -0.2) is 0 Å². The van der Waals surface area contributed by atoms with E-state index in [0.717, 1.165) is 17.8 Å². The lowest BCUT2D eigenvalue weighted by molar-refractivity contribution is 0.0980. The molecule has 0 aromatic heterocycles. The Hall–Kier alpha value is -1.75. The summed E-state index contributed by atoms with van der Waals surface area (Å²) < 4.78 is 0. The monoisotopic (exact) mass is 199 g/mol. The maximum atomic E-state index is 11.6. The number of para-hydroxylation sites is 1. The van der Waals surface area contributed by atoms with E-state index >= 15 is 0 Å². The van der Waals surface area contributed by atoms with Crippen molar-refractivity contribution in [2.45, 2.75) is 13.3 Å². The molecule has 2 rings (SSSR count). The van der Waals surface area contributed by atoms with E-state index in [4.69, 9.17) is 0 Å². The van der Waals surface area contributed by atoms with Crippen LogP contribution in [0.15, 0.2) is 24.3 Å². The molecular formula is C13H13NO. The minimum Gasteiger partial charge on any atom is -0.359 e. The molecule has 0 radical (unpaired) electrons. The zero-order valence-corrected chi connectivity index (χ0v) is 8.79. The lowest BCUT2D eigenvalue weighted by Gasteiger charge is -2.28. The first-order chi connectivity index (χ1) is 7.33. The molecule has 0 atom stereocenters. The van der Waals surface area contributed by atoms with Crippen molar-refractivity contribution in [3.8, 4) is 11.8 Å². The average molecular weight is 199 g/mol. The Kier molecular flexibility index (Phi) is 2.73. The van der Waals surface area contributed by atoms with Crippen LogP contribution in [0.25, 0.3) is 0 Å². The number of rotatable bonds is 1. The van der Waals surface area contributed by atoms with Crippen LogP contribution < -0.4 is 4.90 Å². The summed E-state index contributed by atoms with van der Waals surface area (Å²) in [6.07, 6.45) is 0.600. The van der Waals surface area contributed by atoms with E-state index in [2.05, 4.69) is 16.7 Å². The van der Waals surface area contributed by atoms with Crippen molar-refractivity contribution >= 4 is 11.5 Å². The van der Waals surface area contributed by atoms with Crippen LogP contribution in [0.3, 0.4) is 0 Å². The van der Waals surface area contributed by atoms with Gasteiger partial charge in [0.15, 0.2) is 5.78 Å². The number of fused-ring (bicyclic) bond motifs is 1. The number of benzene rings is 1. The highest BCUT2D eigenvalue weighted by molar-refractivity contribution is 6.03. The molecule has 76 valence electrons.